The molecule has 2 aromatic rings. The van der Waals surface area contributed by atoms with Crippen molar-refractivity contribution >= 4 is 0 Å². The molecular weight excluding hydrogens is 264 g/mol. The van der Waals surface area contributed by atoms with Crippen molar-refractivity contribution in [3.8, 4) is 11.5 Å². The molecule has 1 aliphatic rings. The lowest BCUT2D eigenvalue weighted by Crippen LogP contribution is -2.29. The van der Waals surface area contributed by atoms with Crippen LogP contribution in [0.1, 0.15) is 30.4 Å². The van der Waals surface area contributed by atoms with Crippen LogP contribution in [0, 0.1) is 6.92 Å². The first-order valence-corrected chi connectivity index (χ1v) is 7.46. The molecule has 0 saturated heterocycles. The highest BCUT2D eigenvalue weighted by molar-refractivity contribution is 5.40. The average Bonchev–Trinajstić information content (AvgIpc) is 2.53. The van der Waals surface area contributed by atoms with E-state index in [0.29, 0.717) is 6.61 Å². The van der Waals surface area contributed by atoms with E-state index >= 15 is 0 Å². The quantitative estimate of drug-likeness (QED) is 0.865. The Morgan fingerprint density at radius 3 is 2.86 bits per heavy atom. The van der Waals surface area contributed by atoms with Crippen LogP contribution in [0.25, 0.3) is 0 Å². The number of hydrogen-bond donors (Lipinski definition) is 0. The standard InChI is InChI=1S/C17H20N2O2/c1-3-13-10-18-12(2)19-15(13)9-8-14-11-20-16-6-4-5-7-17(16)21-14/h4-7,10,14H,3,8-9,11H2,1-2H3. The summed E-state index contributed by atoms with van der Waals surface area (Å²) in [6.45, 7) is 4.66. The Labute approximate surface area is 125 Å². The minimum absolute atomic E-state index is 0.0832. The zero-order valence-electron chi connectivity index (χ0n) is 12.5. The van der Waals surface area contributed by atoms with Crippen LogP contribution in [0.3, 0.4) is 0 Å². The van der Waals surface area contributed by atoms with Gasteiger partial charge in [-0.1, -0.05) is 19.1 Å². The molecule has 2 heterocycles. The van der Waals surface area contributed by atoms with E-state index in [1.807, 2.05) is 37.4 Å². The Kier molecular flexibility index (Phi) is 4.04. The van der Waals surface area contributed by atoms with E-state index in [9.17, 15) is 0 Å². The smallest absolute Gasteiger partial charge is 0.161 e. The lowest BCUT2D eigenvalue weighted by Gasteiger charge is -2.26. The van der Waals surface area contributed by atoms with E-state index in [1.165, 1.54) is 5.56 Å². The van der Waals surface area contributed by atoms with E-state index in [4.69, 9.17) is 9.47 Å². The third-order valence-corrected chi connectivity index (χ3v) is 3.73. The van der Waals surface area contributed by atoms with Crippen LogP contribution in [0.15, 0.2) is 30.5 Å². The third kappa shape index (κ3) is 3.15. The number of aromatic nitrogens is 2. The molecule has 0 saturated carbocycles. The largest absolute Gasteiger partial charge is 0.486 e. The summed E-state index contributed by atoms with van der Waals surface area (Å²) >= 11 is 0. The van der Waals surface area contributed by atoms with Gasteiger partial charge in [0.25, 0.3) is 0 Å². The SMILES string of the molecule is CCc1cnc(C)nc1CCC1COc2ccccc2O1. The Hall–Kier alpha value is -2.10. The second-order valence-electron chi connectivity index (χ2n) is 5.28. The lowest BCUT2D eigenvalue weighted by atomic mass is 10.1. The van der Waals surface area contributed by atoms with Crippen LogP contribution in [0.5, 0.6) is 11.5 Å². The predicted octanol–water partition coefficient (Wildman–Crippen LogP) is 3.12. The Balaban J connectivity index is 1.65. The number of aryl methyl sites for hydroxylation is 3. The van der Waals surface area contributed by atoms with E-state index < -0.39 is 0 Å². The molecule has 0 amide bonds. The van der Waals surface area contributed by atoms with Gasteiger partial charge >= 0.3 is 0 Å². The molecule has 0 N–H and O–H groups in total. The van der Waals surface area contributed by atoms with Gasteiger partial charge in [0.15, 0.2) is 11.5 Å². The van der Waals surface area contributed by atoms with Crippen molar-refractivity contribution < 1.29 is 9.47 Å². The Morgan fingerprint density at radius 1 is 1.24 bits per heavy atom. The summed E-state index contributed by atoms with van der Waals surface area (Å²) in [6, 6.07) is 7.82. The fourth-order valence-corrected chi connectivity index (χ4v) is 2.56. The van der Waals surface area contributed by atoms with Crippen molar-refractivity contribution in [1.29, 1.82) is 0 Å². The number of para-hydroxylation sites is 2. The van der Waals surface area contributed by atoms with Gasteiger partial charge in [0, 0.05) is 11.9 Å². The van der Waals surface area contributed by atoms with Gasteiger partial charge < -0.3 is 9.47 Å². The van der Waals surface area contributed by atoms with Gasteiger partial charge in [-0.25, -0.2) is 9.97 Å². The maximum Gasteiger partial charge on any atom is 0.161 e. The van der Waals surface area contributed by atoms with Crippen molar-refractivity contribution in [2.24, 2.45) is 0 Å². The number of fused-ring (bicyclic) bond motifs is 1. The van der Waals surface area contributed by atoms with Crippen molar-refractivity contribution in [2.75, 3.05) is 6.61 Å². The van der Waals surface area contributed by atoms with Crippen molar-refractivity contribution in [3.05, 3.63) is 47.5 Å². The Bertz CT molecular complexity index is 628. The molecule has 0 fully saturated rings. The summed E-state index contributed by atoms with van der Waals surface area (Å²) in [7, 11) is 0. The topological polar surface area (TPSA) is 44.2 Å². The molecule has 1 aliphatic heterocycles. The van der Waals surface area contributed by atoms with E-state index in [0.717, 1.165) is 42.3 Å². The van der Waals surface area contributed by atoms with Crippen molar-refractivity contribution in [2.45, 2.75) is 39.2 Å². The Morgan fingerprint density at radius 2 is 2.05 bits per heavy atom. The normalized spacial score (nSPS) is 16.8. The highest BCUT2D eigenvalue weighted by atomic mass is 16.6. The highest BCUT2D eigenvalue weighted by Gasteiger charge is 2.20. The summed E-state index contributed by atoms with van der Waals surface area (Å²) in [6.07, 6.45) is 4.77. The molecule has 110 valence electrons. The van der Waals surface area contributed by atoms with Gasteiger partial charge in [0.1, 0.15) is 18.5 Å². The van der Waals surface area contributed by atoms with Crippen LogP contribution in [0.4, 0.5) is 0 Å². The molecule has 1 aromatic heterocycles. The first-order chi connectivity index (χ1) is 10.3. The molecule has 3 rings (SSSR count). The first kappa shape index (κ1) is 13.9. The number of hydrogen-bond acceptors (Lipinski definition) is 4. The number of benzene rings is 1. The summed E-state index contributed by atoms with van der Waals surface area (Å²) in [5, 5.41) is 0. The number of ether oxygens (including phenoxy) is 2. The molecule has 4 heteroatoms. The van der Waals surface area contributed by atoms with Crippen LogP contribution in [0.2, 0.25) is 0 Å². The van der Waals surface area contributed by atoms with Gasteiger partial charge in [-0.05, 0) is 43.9 Å². The average molecular weight is 284 g/mol. The fourth-order valence-electron chi connectivity index (χ4n) is 2.56. The zero-order chi connectivity index (χ0) is 14.7. The van der Waals surface area contributed by atoms with Gasteiger partial charge in [-0.2, -0.15) is 0 Å². The van der Waals surface area contributed by atoms with Crippen LogP contribution >= 0.6 is 0 Å². The van der Waals surface area contributed by atoms with E-state index in [-0.39, 0.29) is 6.10 Å². The molecule has 1 atom stereocenters. The summed E-state index contributed by atoms with van der Waals surface area (Å²) in [5.74, 6) is 2.50. The molecule has 0 radical (unpaired) electrons. The van der Waals surface area contributed by atoms with Crippen LogP contribution in [-0.2, 0) is 12.8 Å². The molecule has 1 aromatic carbocycles. The third-order valence-electron chi connectivity index (χ3n) is 3.73. The molecule has 0 spiro atoms. The number of rotatable bonds is 4. The van der Waals surface area contributed by atoms with Gasteiger partial charge in [-0.15, -0.1) is 0 Å². The van der Waals surface area contributed by atoms with Gasteiger partial charge in [0.05, 0.1) is 0 Å². The molecular formula is C17H20N2O2. The molecule has 0 bridgehead atoms. The van der Waals surface area contributed by atoms with Crippen LogP contribution < -0.4 is 9.47 Å². The van der Waals surface area contributed by atoms with E-state index in [1.54, 1.807) is 0 Å². The zero-order valence-corrected chi connectivity index (χ0v) is 12.5. The maximum atomic E-state index is 5.99. The second kappa shape index (κ2) is 6.12. The van der Waals surface area contributed by atoms with Crippen LogP contribution in [-0.4, -0.2) is 22.7 Å². The van der Waals surface area contributed by atoms with Crippen molar-refractivity contribution in [3.63, 3.8) is 0 Å². The highest BCUT2D eigenvalue weighted by Crippen LogP contribution is 2.31. The molecule has 21 heavy (non-hydrogen) atoms. The molecule has 0 aliphatic carbocycles. The minimum atomic E-state index is 0.0832. The first-order valence-electron chi connectivity index (χ1n) is 7.46. The summed E-state index contributed by atoms with van der Waals surface area (Å²) in [4.78, 5) is 8.83. The molecule has 4 nitrogen and oxygen atoms in total. The maximum absolute atomic E-state index is 5.99. The summed E-state index contributed by atoms with van der Waals surface area (Å²) < 4.78 is 11.7. The second-order valence-corrected chi connectivity index (χ2v) is 5.28. The van der Waals surface area contributed by atoms with Gasteiger partial charge in [0.2, 0.25) is 0 Å². The minimum Gasteiger partial charge on any atom is -0.486 e. The number of nitrogens with zero attached hydrogens (tertiary/aromatic N) is 2. The predicted molar refractivity (Wildman–Crippen MR) is 80.8 cm³/mol. The molecule has 1 unspecified atom stereocenters. The monoisotopic (exact) mass is 284 g/mol. The fraction of sp³-hybridized carbons (Fsp3) is 0.412. The summed E-state index contributed by atoms with van der Waals surface area (Å²) in [5.41, 5.74) is 2.35. The van der Waals surface area contributed by atoms with Crippen molar-refractivity contribution in [1.82, 2.24) is 9.97 Å². The van der Waals surface area contributed by atoms with Gasteiger partial charge in [-0.3, -0.25) is 0 Å². The van der Waals surface area contributed by atoms with E-state index in [2.05, 4.69) is 16.9 Å². The lowest BCUT2D eigenvalue weighted by molar-refractivity contribution is 0.0849.